The standard InChI is InChI=1S/C17H24N2O3.ClH/c1-17(2,3)22-15(20)12-19-10-9-18-14(16(19)21)11-13-7-5-4-6-8-13;/h4-8,14,18H,9-12H2,1-3H3;1H/t14-;/m0./s1. The van der Waals surface area contributed by atoms with Crippen LogP contribution in [0.3, 0.4) is 0 Å². The van der Waals surface area contributed by atoms with Crippen molar-refractivity contribution >= 4 is 24.3 Å². The molecule has 1 amide bonds. The van der Waals surface area contributed by atoms with Crippen LogP contribution in [-0.4, -0.2) is 48.1 Å². The first-order chi connectivity index (χ1) is 10.3. The van der Waals surface area contributed by atoms with E-state index in [4.69, 9.17) is 4.74 Å². The van der Waals surface area contributed by atoms with Gasteiger partial charge in [0.1, 0.15) is 12.1 Å². The molecule has 1 N–H and O–H groups in total. The average molecular weight is 341 g/mol. The number of halogens is 1. The molecular formula is C17H25ClN2O3. The predicted octanol–water partition coefficient (Wildman–Crippen LogP) is 1.79. The largest absolute Gasteiger partial charge is 0.459 e. The first kappa shape index (κ1) is 19.5. The van der Waals surface area contributed by atoms with Gasteiger partial charge in [0.05, 0.1) is 6.04 Å². The van der Waals surface area contributed by atoms with Crippen LogP contribution in [0.1, 0.15) is 26.3 Å². The van der Waals surface area contributed by atoms with Gasteiger partial charge in [0, 0.05) is 13.1 Å². The van der Waals surface area contributed by atoms with Crippen molar-refractivity contribution in [1.29, 1.82) is 0 Å². The number of benzene rings is 1. The van der Waals surface area contributed by atoms with Crippen molar-refractivity contribution in [3.63, 3.8) is 0 Å². The highest BCUT2D eigenvalue weighted by Gasteiger charge is 2.30. The van der Waals surface area contributed by atoms with Crippen LogP contribution < -0.4 is 5.32 Å². The van der Waals surface area contributed by atoms with Crippen molar-refractivity contribution in [2.24, 2.45) is 0 Å². The van der Waals surface area contributed by atoms with Crippen molar-refractivity contribution in [2.75, 3.05) is 19.6 Å². The van der Waals surface area contributed by atoms with E-state index in [2.05, 4.69) is 5.32 Å². The Morgan fingerprint density at radius 1 is 1.30 bits per heavy atom. The van der Waals surface area contributed by atoms with Gasteiger partial charge in [-0.2, -0.15) is 0 Å². The van der Waals surface area contributed by atoms with E-state index in [1.165, 1.54) is 0 Å². The monoisotopic (exact) mass is 340 g/mol. The third kappa shape index (κ3) is 6.20. The van der Waals surface area contributed by atoms with E-state index in [1.807, 2.05) is 51.1 Å². The van der Waals surface area contributed by atoms with Crippen LogP contribution in [0.5, 0.6) is 0 Å². The quantitative estimate of drug-likeness (QED) is 0.849. The fraction of sp³-hybridized carbons (Fsp3) is 0.529. The Morgan fingerprint density at radius 3 is 2.57 bits per heavy atom. The minimum atomic E-state index is -0.530. The lowest BCUT2D eigenvalue weighted by atomic mass is 10.0. The van der Waals surface area contributed by atoms with E-state index in [9.17, 15) is 9.59 Å². The predicted molar refractivity (Wildman–Crippen MR) is 91.6 cm³/mol. The Kier molecular flexibility index (Phi) is 7.03. The normalized spacial score (nSPS) is 18.3. The summed E-state index contributed by atoms with van der Waals surface area (Å²) >= 11 is 0. The molecule has 1 aromatic rings. The van der Waals surface area contributed by atoms with E-state index in [-0.39, 0.29) is 36.9 Å². The van der Waals surface area contributed by atoms with Crippen LogP contribution in [0.4, 0.5) is 0 Å². The number of nitrogens with zero attached hydrogens (tertiary/aromatic N) is 1. The molecule has 128 valence electrons. The third-order valence-electron chi connectivity index (χ3n) is 3.40. The molecule has 1 aromatic carbocycles. The molecule has 1 aliphatic heterocycles. The second-order valence-electron chi connectivity index (χ2n) is 6.54. The first-order valence-electron chi connectivity index (χ1n) is 7.63. The lowest BCUT2D eigenvalue weighted by molar-refractivity contribution is -0.159. The molecule has 0 radical (unpaired) electrons. The zero-order chi connectivity index (χ0) is 16.2. The Balaban J connectivity index is 0.00000264. The summed E-state index contributed by atoms with van der Waals surface area (Å²) in [6.45, 7) is 6.70. The van der Waals surface area contributed by atoms with Gasteiger partial charge in [0.25, 0.3) is 0 Å². The van der Waals surface area contributed by atoms with E-state index < -0.39 is 5.60 Å². The minimum absolute atomic E-state index is 0. The van der Waals surface area contributed by atoms with Crippen molar-refractivity contribution < 1.29 is 14.3 Å². The van der Waals surface area contributed by atoms with Crippen molar-refractivity contribution in [3.05, 3.63) is 35.9 Å². The van der Waals surface area contributed by atoms with Crippen LogP contribution in [0.25, 0.3) is 0 Å². The molecule has 1 heterocycles. The molecule has 0 bridgehead atoms. The summed E-state index contributed by atoms with van der Waals surface area (Å²) in [5.74, 6) is -0.401. The van der Waals surface area contributed by atoms with Gasteiger partial charge in [0.15, 0.2) is 0 Å². The average Bonchev–Trinajstić information content (AvgIpc) is 2.42. The molecule has 1 saturated heterocycles. The number of carbonyl (C=O) groups excluding carboxylic acids is 2. The second kappa shape index (κ2) is 8.31. The number of rotatable bonds is 4. The number of hydrogen-bond acceptors (Lipinski definition) is 4. The SMILES string of the molecule is CC(C)(C)OC(=O)CN1CCN[C@@H](Cc2ccccc2)C1=O.Cl. The van der Waals surface area contributed by atoms with Crippen molar-refractivity contribution in [1.82, 2.24) is 10.2 Å². The molecule has 23 heavy (non-hydrogen) atoms. The summed E-state index contributed by atoms with van der Waals surface area (Å²) in [7, 11) is 0. The highest BCUT2D eigenvalue weighted by Crippen LogP contribution is 2.11. The maximum Gasteiger partial charge on any atom is 0.326 e. The number of ether oxygens (including phenoxy) is 1. The van der Waals surface area contributed by atoms with Crippen LogP contribution in [0.15, 0.2) is 30.3 Å². The van der Waals surface area contributed by atoms with Gasteiger partial charge in [-0.3, -0.25) is 9.59 Å². The molecule has 1 fully saturated rings. The van der Waals surface area contributed by atoms with Crippen LogP contribution in [0.2, 0.25) is 0 Å². The Morgan fingerprint density at radius 2 is 1.96 bits per heavy atom. The minimum Gasteiger partial charge on any atom is -0.459 e. The molecule has 1 atom stereocenters. The van der Waals surface area contributed by atoms with Crippen molar-refractivity contribution in [2.45, 2.75) is 38.8 Å². The highest BCUT2D eigenvalue weighted by molar-refractivity contribution is 5.86. The van der Waals surface area contributed by atoms with E-state index in [0.29, 0.717) is 19.5 Å². The zero-order valence-electron chi connectivity index (χ0n) is 13.9. The van der Waals surface area contributed by atoms with Crippen molar-refractivity contribution in [3.8, 4) is 0 Å². The fourth-order valence-corrected chi connectivity index (χ4v) is 2.49. The molecule has 5 nitrogen and oxygen atoms in total. The third-order valence-corrected chi connectivity index (χ3v) is 3.40. The molecular weight excluding hydrogens is 316 g/mol. The smallest absolute Gasteiger partial charge is 0.326 e. The Bertz CT molecular complexity index is 528. The number of amides is 1. The molecule has 0 spiro atoms. The lowest BCUT2D eigenvalue weighted by Crippen LogP contribution is -2.57. The van der Waals surface area contributed by atoms with Crippen LogP contribution in [0, 0.1) is 0 Å². The number of nitrogens with one attached hydrogen (secondary N) is 1. The van der Waals surface area contributed by atoms with Crippen LogP contribution >= 0.6 is 12.4 Å². The Labute approximate surface area is 143 Å². The van der Waals surface area contributed by atoms with Gasteiger partial charge >= 0.3 is 5.97 Å². The maximum atomic E-state index is 12.5. The van der Waals surface area contributed by atoms with Gasteiger partial charge in [-0.05, 0) is 32.8 Å². The molecule has 6 heteroatoms. The molecule has 0 aliphatic carbocycles. The number of hydrogen-bond donors (Lipinski definition) is 1. The van der Waals surface area contributed by atoms with Gasteiger partial charge in [-0.15, -0.1) is 12.4 Å². The van der Waals surface area contributed by atoms with Gasteiger partial charge in [-0.25, -0.2) is 0 Å². The number of piperazine rings is 1. The van der Waals surface area contributed by atoms with E-state index in [0.717, 1.165) is 5.56 Å². The van der Waals surface area contributed by atoms with Crippen LogP contribution in [-0.2, 0) is 20.7 Å². The topological polar surface area (TPSA) is 58.6 Å². The van der Waals surface area contributed by atoms with Gasteiger partial charge in [0.2, 0.25) is 5.91 Å². The Hall–Kier alpha value is -1.59. The first-order valence-corrected chi connectivity index (χ1v) is 7.63. The maximum absolute atomic E-state index is 12.5. The lowest BCUT2D eigenvalue weighted by Gasteiger charge is -2.33. The van der Waals surface area contributed by atoms with E-state index >= 15 is 0 Å². The fourth-order valence-electron chi connectivity index (χ4n) is 2.49. The summed E-state index contributed by atoms with van der Waals surface area (Å²) in [5.41, 5.74) is 0.574. The molecule has 1 aliphatic rings. The second-order valence-corrected chi connectivity index (χ2v) is 6.54. The summed E-state index contributed by atoms with van der Waals surface area (Å²) in [6, 6.07) is 9.60. The summed E-state index contributed by atoms with van der Waals surface area (Å²) < 4.78 is 5.29. The summed E-state index contributed by atoms with van der Waals surface area (Å²) in [6.07, 6.45) is 0.629. The van der Waals surface area contributed by atoms with Gasteiger partial charge in [-0.1, -0.05) is 30.3 Å². The highest BCUT2D eigenvalue weighted by atomic mass is 35.5. The molecule has 0 saturated carbocycles. The zero-order valence-corrected chi connectivity index (χ0v) is 14.7. The number of carbonyl (C=O) groups is 2. The van der Waals surface area contributed by atoms with Gasteiger partial charge < -0.3 is 15.0 Å². The summed E-state index contributed by atoms with van der Waals surface area (Å²) in [4.78, 5) is 26.0. The number of esters is 1. The molecule has 2 rings (SSSR count). The summed E-state index contributed by atoms with van der Waals surface area (Å²) in [5, 5.41) is 3.23. The molecule has 0 unspecified atom stereocenters. The molecule has 0 aromatic heterocycles. The van der Waals surface area contributed by atoms with E-state index in [1.54, 1.807) is 4.90 Å².